The maximum atomic E-state index is 6.08. The average Bonchev–Trinajstić information content (AvgIpc) is 3.06. The monoisotopic (exact) mass is 324 g/mol. The van der Waals surface area contributed by atoms with E-state index in [2.05, 4.69) is 26.6 Å². The van der Waals surface area contributed by atoms with Crippen molar-refractivity contribution in [2.24, 2.45) is 0 Å². The van der Waals surface area contributed by atoms with Gasteiger partial charge in [-0.2, -0.15) is 4.37 Å². The summed E-state index contributed by atoms with van der Waals surface area (Å²) in [6, 6.07) is 0. The molecule has 1 fully saturated rings. The van der Waals surface area contributed by atoms with E-state index in [0.717, 1.165) is 53.8 Å². The van der Waals surface area contributed by atoms with Crippen molar-refractivity contribution in [2.45, 2.75) is 32.8 Å². The Morgan fingerprint density at radius 2 is 2.19 bits per heavy atom. The Morgan fingerprint density at radius 1 is 1.43 bits per heavy atom. The minimum Gasteiger partial charge on any atom is -0.382 e. The zero-order valence-corrected chi connectivity index (χ0v) is 14.0. The van der Waals surface area contributed by atoms with Gasteiger partial charge in [0.05, 0.1) is 11.7 Å². The second-order valence-corrected chi connectivity index (χ2v) is 6.79. The number of hydrogen-bond acceptors (Lipinski definition) is 7. The Morgan fingerprint density at radius 3 is 2.81 bits per heavy atom. The second kappa shape index (κ2) is 6.29. The van der Waals surface area contributed by atoms with Crippen molar-refractivity contribution in [3.8, 4) is 10.6 Å². The summed E-state index contributed by atoms with van der Waals surface area (Å²) in [5, 5.41) is 4.18. The lowest BCUT2D eigenvalue weighted by Crippen LogP contribution is -2.36. The summed E-state index contributed by atoms with van der Waals surface area (Å²) >= 11 is 3.11. The van der Waals surface area contributed by atoms with Crippen molar-refractivity contribution >= 4 is 33.7 Å². The van der Waals surface area contributed by atoms with Crippen molar-refractivity contribution in [1.82, 2.24) is 9.36 Å². The number of rotatable bonds is 4. The molecule has 0 atom stereocenters. The van der Waals surface area contributed by atoms with E-state index in [1.54, 1.807) is 11.3 Å². The summed E-state index contributed by atoms with van der Waals surface area (Å²) in [5.74, 6) is 0.594. The molecule has 0 spiro atoms. The van der Waals surface area contributed by atoms with Gasteiger partial charge in [-0.25, -0.2) is 4.98 Å². The molecule has 21 heavy (non-hydrogen) atoms. The Kier molecular flexibility index (Phi) is 4.42. The number of thiazole rings is 1. The number of nitrogen functional groups attached to an aromatic ring is 1. The Balaban J connectivity index is 1.81. The molecule has 5 nitrogen and oxygen atoms in total. The fourth-order valence-electron chi connectivity index (χ4n) is 2.64. The fraction of sp³-hybridized carbons (Fsp3) is 0.571. The van der Waals surface area contributed by atoms with Gasteiger partial charge in [0.25, 0.3) is 0 Å². The Hall–Kier alpha value is -1.18. The average molecular weight is 324 g/mol. The standard InChI is InChI=1S/C14H20N4OS2/c1-3-19-10-4-6-18(7-5-10)14-11(12(15)17-21-14)13-16-9(2)8-20-13/h8,10H,3-7H2,1-2H3,(H2,15,17). The predicted octanol–water partition coefficient (Wildman–Crippen LogP) is 3.16. The molecule has 3 heterocycles. The molecule has 0 bridgehead atoms. The number of aryl methyl sites for hydroxylation is 1. The predicted molar refractivity (Wildman–Crippen MR) is 89.2 cm³/mol. The third-order valence-corrected chi connectivity index (χ3v) is 5.57. The molecule has 2 aromatic heterocycles. The quantitative estimate of drug-likeness (QED) is 0.936. The van der Waals surface area contributed by atoms with Gasteiger partial charge < -0.3 is 15.4 Å². The highest BCUT2D eigenvalue weighted by Gasteiger charge is 2.25. The van der Waals surface area contributed by atoms with Gasteiger partial charge in [-0.1, -0.05) is 0 Å². The van der Waals surface area contributed by atoms with Crippen molar-refractivity contribution < 1.29 is 4.74 Å². The molecular weight excluding hydrogens is 304 g/mol. The van der Waals surface area contributed by atoms with Crippen LogP contribution in [-0.4, -0.2) is 35.2 Å². The molecule has 0 aliphatic carbocycles. The van der Waals surface area contributed by atoms with E-state index in [-0.39, 0.29) is 0 Å². The van der Waals surface area contributed by atoms with E-state index in [4.69, 9.17) is 10.5 Å². The molecule has 0 aromatic carbocycles. The third kappa shape index (κ3) is 3.04. The van der Waals surface area contributed by atoms with Crippen LogP contribution in [0.5, 0.6) is 0 Å². The highest BCUT2D eigenvalue weighted by Crippen LogP contribution is 2.41. The number of hydrogen-bond donors (Lipinski definition) is 1. The van der Waals surface area contributed by atoms with Gasteiger partial charge >= 0.3 is 0 Å². The first-order chi connectivity index (χ1) is 10.2. The highest BCUT2D eigenvalue weighted by molar-refractivity contribution is 7.15. The van der Waals surface area contributed by atoms with Crippen LogP contribution in [0.3, 0.4) is 0 Å². The van der Waals surface area contributed by atoms with E-state index >= 15 is 0 Å². The molecule has 3 rings (SSSR count). The van der Waals surface area contributed by atoms with Crippen LogP contribution in [0.25, 0.3) is 10.6 Å². The molecule has 2 N–H and O–H groups in total. The van der Waals surface area contributed by atoms with Gasteiger partial charge in [0.1, 0.15) is 15.8 Å². The van der Waals surface area contributed by atoms with Crippen molar-refractivity contribution in [3.05, 3.63) is 11.1 Å². The molecule has 2 aromatic rings. The van der Waals surface area contributed by atoms with Crippen LogP contribution in [-0.2, 0) is 4.74 Å². The van der Waals surface area contributed by atoms with Crippen molar-refractivity contribution in [2.75, 3.05) is 30.3 Å². The second-order valence-electron chi connectivity index (χ2n) is 5.18. The topological polar surface area (TPSA) is 64.3 Å². The molecule has 1 aliphatic heterocycles. The van der Waals surface area contributed by atoms with Crippen LogP contribution in [0.15, 0.2) is 5.38 Å². The number of anilines is 2. The van der Waals surface area contributed by atoms with Crippen LogP contribution in [0.4, 0.5) is 10.8 Å². The lowest BCUT2D eigenvalue weighted by Gasteiger charge is -2.32. The lowest BCUT2D eigenvalue weighted by molar-refractivity contribution is 0.0460. The maximum Gasteiger partial charge on any atom is 0.149 e. The maximum absolute atomic E-state index is 6.08. The summed E-state index contributed by atoms with van der Waals surface area (Å²) < 4.78 is 10.1. The first-order valence-electron chi connectivity index (χ1n) is 7.23. The largest absolute Gasteiger partial charge is 0.382 e. The summed E-state index contributed by atoms with van der Waals surface area (Å²) in [6.45, 7) is 6.83. The molecule has 7 heteroatoms. The minimum atomic E-state index is 0.391. The SMILES string of the molecule is CCOC1CCN(c2snc(N)c2-c2nc(C)cs2)CC1. The molecule has 0 radical (unpaired) electrons. The molecule has 0 saturated carbocycles. The summed E-state index contributed by atoms with van der Waals surface area (Å²) in [5.41, 5.74) is 8.12. The van der Waals surface area contributed by atoms with Gasteiger partial charge in [-0.05, 0) is 38.2 Å². The summed E-state index contributed by atoms with van der Waals surface area (Å²) in [6.07, 6.45) is 2.51. The van der Waals surface area contributed by atoms with Crippen molar-refractivity contribution in [1.29, 1.82) is 0 Å². The number of nitrogens with zero attached hydrogens (tertiary/aromatic N) is 3. The first kappa shape index (κ1) is 14.7. The zero-order chi connectivity index (χ0) is 14.8. The molecule has 1 saturated heterocycles. The number of aromatic nitrogens is 2. The first-order valence-corrected chi connectivity index (χ1v) is 8.88. The van der Waals surface area contributed by atoms with Crippen LogP contribution in [0.2, 0.25) is 0 Å². The van der Waals surface area contributed by atoms with E-state index in [1.165, 1.54) is 11.5 Å². The van der Waals surface area contributed by atoms with Crippen LogP contribution < -0.4 is 10.6 Å². The zero-order valence-electron chi connectivity index (χ0n) is 12.3. The molecule has 0 amide bonds. The molecule has 0 unspecified atom stereocenters. The molecule has 1 aliphatic rings. The van der Waals surface area contributed by atoms with Gasteiger partial charge in [0.15, 0.2) is 0 Å². The van der Waals surface area contributed by atoms with E-state index in [0.29, 0.717) is 11.9 Å². The van der Waals surface area contributed by atoms with E-state index in [9.17, 15) is 0 Å². The Bertz CT molecular complexity index is 602. The minimum absolute atomic E-state index is 0.391. The third-order valence-electron chi connectivity index (χ3n) is 3.66. The Labute approximate surface area is 132 Å². The number of piperidine rings is 1. The van der Waals surface area contributed by atoms with Crippen molar-refractivity contribution in [3.63, 3.8) is 0 Å². The number of nitrogens with two attached hydrogens (primary N) is 1. The van der Waals surface area contributed by atoms with Gasteiger partial charge in [-0.15, -0.1) is 11.3 Å². The molecular formula is C14H20N4OS2. The van der Waals surface area contributed by atoms with Crippen LogP contribution in [0.1, 0.15) is 25.5 Å². The number of ether oxygens (including phenoxy) is 1. The van der Waals surface area contributed by atoms with Gasteiger partial charge in [0.2, 0.25) is 0 Å². The van der Waals surface area contributed by atoms with E-state index < -0.39 is 0 Å². The lowest BCUT2D eigenvalue weighted by atomic mass is 10.1. The normalized spacial score (nSPS) is 16.6. The molecule has 114 valence electrons. The smallest absolute Gasteiger partial charge is 0.149 e. The fourth-order valence-corrected chi connectivity index (χ4v) is 4.42. The highest BCUT2D eigenvalue weighted by atomic mass is 32.1. The summed E-state index contributed by atoms with van der Waals surface area (Å²) in [7, 11) is 0. The van der Waals surface area contributed by atoms with Crippen LogP contribution >= 0.6 is 22.9 Å². The summed E-state index contributed by atoms with van der Waals surface area (Å²) in [4.78, 5) is 6.94. The van der Waals surface area contributed by atoms with E-state index in [1.807, 2.05) is 6.92 Å². The van der Waals surface area contributed by atoms with Gasteiger partial charge in [-0.3, -0.25) is 0 Å². The van der Waals surface area contributed by atoms with Gasteiger partial charge in [0, 0.05) is 30.8 Å². The van der Waals surface area contributed by atoms with Crippen LogP contribution in [0, 0.1) is 6.92 Å².